The Morgan fingerprint density at radius 2 is 2.10 bits per heavy atom. The molecule has 2 N–H and O–H groups in total. The summed E-state index contributed by atoms with van der Waals surface area (Å²) in [4.78, 5) is 6.02. The van der Waals surface area contributed by atoms with Crippen LogP contribution in [-0.4, -0.2) is 58.8 Å². The molecular weight excluding hydrogens is 499 g/mol. The summed E-state index contributed by atoms with van der Waals surface area (Å²) in [5, 5.41) is 15.0. The van der Waals surface area contributed by atoms with Gasteiger partial charge in [-0.15, -0.1) is 45.9 Å². The Labute approximate surface area is 194 Å². The Morgan fingerprint density at radius 3 is 2.86 bits per heavy atom. The van der Waals surface area contributed by atoms with E-state index in [1.807, 2.05) is 17.8 Å². The third kappa shape index (κ3) is 8.51. The van der Waals surface area contributed by atoms with E-state index in [0.29, 0.717) is 6.54 Å². The molecule has 0 aliphatic carbocycles. The first-order valence-electron chi connectivity index (χ1n) is 10.0. The summed E-state index contributed by atoms with van der Waals surface area (Å²) in [5.41, 5.74) is 0. The van der Waals surface area contributed by atoms with Crippen LogP contribution in [0, 0.1) is 0 Å². The zero-order valence-electron chi connectivity index (χ0n) is 16.9. The van der Waals surface area contributed by atoms with Crippen LogP contribution in [-0.2, 0) is 17.7 Å². The second-order valence-corrected chi connectivity index (χ2v) is 7.80. The van der Waals surface area contributed by atoms with Gasteiger partial charge in [0.05, 0.1) is 12.6 Å². The van der Waals surface area contributed by atoms with E-state index in [2.05, 4.69) is 56.6 Å². The van der Waals surface area contributed by atoms with Crippen LogP contribution in [0.5, 0.6) is 0 Å². The lowest BCUT2D eigenvalue weighted by molar-refractivity contribution is 0.117. The molecule has 1 aliphatic rings. The predicted octanol–water partition coefficient (Wildman–Crippen LogP) is 2.97. The first-order chi connectivity index (χ1) is 13.8. The molecule has 1 fully saturated rings. The molecule has 3 rings (SSSR count). The fourth-order valence-electron chi connectivity index (χ4n) is 3.05. The molecule has 0 spiro atoms. The molecule has 9 heteroatoms. The lowest BCUT2D eigenvalue weighted by Gasteiger charge is -2.14. The number of rotatable bonds is 10. The molecule has 29 heavy (non-hydrogen) atoms. The third-order valence-corrected chi connectivity index (χ3v) is 5.55. The van der Waals surface area contributed by atoms with E-state index < -0.39 is 0 Å². The van der Waals surface area contributed by atoms with Crippen molar-refractivity contribution < 1.29 is 4.74 Å². The van der Waals surface area contributed by atoms with Crippen molar-refractivity contribution in [2.24, 2.45) is 4.99 Å². The molecule has 1 atom stereocenters. The highest BCUT2D eigenvalue weighted by Gasteiger charge is 2.15. The Kier molecular flexibility index (Phi) is 11.4. The van der Waals surface area contributed by atoms with Gasteiger partial charge in [0.1, 0.15) is 12.2 Å². The highest BCUT2D eigenvalue weighted by atomic mass is 127. The van der Waals surface area contributed by atoms with Crippen LogP contribution < -0.4 is 10.6 Å². The third-order valence-electron chi connectivity index (χ3n) is 4.54. The topological polar surface area (TPSA) is 76.4 Å². The van der Waals surface area contributed by atoms with Crippen molar-refractivity contribution in [1.29, 1.82) is 0 Å². The van der Waals surface area contributed by atoms with Crippen molar-refractivity contribution in [1.82, 2.24) is 25.4 Å². The van der Waals surface area contributed by atoms with Gasteiger partial charge in [0.2, 0.25) is 0 Å². The molecule has 0 radical (unpaired) electrons. The molecule has 0 amide bonds. The van der Waals surface area contributed by atoms with E-state index in [0.717, 1.165) is 63.0 Å². The number of guanidine groups is 1. The molecule has 1 aromatic carbocycles. The molecule has 2 heterocycles. The number of ether oxygens (including phenoxy) is 1. The van der Waals surface area contributed by atoms with Crippen LogP contribution in [0.1, 0.15) is 25.6 Å². The van der Waals surface area contributed by atoms with Gasteiger partial charge < -0.3 is 19.9 Å². The number of nitrogens with one attached hydrogen (secondary N) is 2. The largest absolute Gasteiger partial charge is 0.376 e. The van der Waals surface area contributed by atoms with Crippen LogP contribution >= 0.6 is 35.7 Å². The van der Waals surface area contributed by atoms with Crippen LogP contribution in [0.15, 0.2) is 46.5 Å². The fraction of sp³-hybridized carbons (Fsp3) is 0.550. The molecule has 0 bridgehead atoms. The van der Waals surface area contributed by atoms with Gasteiger partial charge in [-0.25, -0.2) is 0 Å². The zero-order valence-corrected chi connectivity index (χ0v) is 20.1. The highest BCUT2D eigenvalue weighted by Crippen LogP contribution is 2.15. The number of aryl methyl sites for hydroxylation is 1. The van der Waals surface area contributed by atoms with Crippen LogP contribution in [0.3, 0.4) is 0 Å². The van der Waals surface area contributed by atoms with E-state index in [9.17, 15) is 0 Å². The second kappa shape index (κ2) is 13.8. The number of halogens is 1. The van der Waals surface area contributed by atoms with Gasteiger partial charge in [-0.1, -0.05) is 25.1 Å². The summed E-state index contributed by atoms with van der Waals surface area (Å²) in [6, 6.07) is 10.5. The van der Waals surface area contributed by atoms with Crippen molar-refractivity contribution in [3.05, 3.63) is 42.5 Å². The van der Waals surface area contributed by atoms with E-state index in [4.69, 9.17) is 9.73 Å². The summed E-state index contributed by atoms with van der Waals surface area (Å²) in [7, 11) is 0. The maximum absolute atomic E-state index is 5.69. The highest BCUT2D eigenvalue weighted by molar-refractivity contribution is 14.0. The minimum Gasteiger partial charge on any atom is -0.376 e. The van der Waals surface area contributed by atoms with E-state index in [1.54, 1.807) is 6.33 Å². The van der Waals surface area contributed by atoms with Crippen molar-refractivity contribution in [3.8, 4) is 0 Å². The summed E-state index contributed by atoms with van der Waals surface area (Å²) >= 11 is 1.84. The van der Waals surface area contributed by atoms with Crippen LogP contribution in [0.25, 0.3) is 0 Å². The number of hydrogen-bond acceptors (Lipinski definition) is 5. The molecular formula is C20H31IN6OS. The normalized spacial score (nSPS) is 16.4. The van der Waals surface area contributed by atoms with Crippen molar-refractivity contribution in [2.45, 2.75) is 43.7 Å². The zero-order chi connectivity index (χ0) is 19.4. The van der Waals surface area contributed by atoms with Gasteiger partial charge in [0.25, 0.3) is 0 Å². The molecule has 160 valence electrons. The first kappa shape index (κ1) is 23.9. The van der Waals surface area contributed by atoms with Gasteiger partial charge in [-0.05, 0) is 25.0 Å². The smallest absolute Gasteiger partial charge is 0.191 e. The molecule has 7 nitrogen and oxygen atoms in total. The number of nitrogens with zero attached hydrogens (tertiary/aromatic N) is 4. The minimum absolute atomic E-state index is 0. The summed E-state index contributed by atoms with van der Waals surface area (Å²) in [6.07, 6.45) is 5.16. The average molecular weight is 530 g/mol. The van der Waals surface area contributed by atoms with Gasteiger partial charge in [0, 0.05) is 43.3 Å². The standard InChI is InChI=1S/C20H30N6OS.HI/c1-2-19-25-24-16-26(19)12-10-21-20(23-15-17-7-6-13-27-17)22-11-14-28-18-8-4-3-5-9-18;/h3-5,8-9,16-17H,2,6-7,10-15H2,1H3,(H2,21,22,23);1H. The molecule has 1 saturated heterocycles. The molecule has 1 aliphatic heterocycles. The van der Waals surface area contributed by atoms with E-state index in [1.165, 1.54) is 4.90 Å². The SMILES string of the molecule is CCc1nncn1CCNC(=NCC1CCCO1)NCCSc1ccccc1.I. The number of aliphatic imine (C=N–C) groups is 1. The van der Waals surface area contributed by atoms with Gasteiger partial charge in [-0.3, -0.25) is 4.99 Å². The van der Waals surface area contributed by atoms with Gasteiger partial charge >= 0.3 is 0 Å². The number of thioether (sulfide) groups is 1. The summed E-state index contributed by atoms with van der Waals surface area (Å²) < 4.78 is 7.77. The lowest BCUT2D eigenvalue weighted by Crippen LogP contribution is -2.40. The summed E-state index contributed by atoms with van der Waals surface area (Å²) in [6.45, 7) is 6.09. The fourth-order valence-corrected chi connectivity index (χ4v) is 3.83. The maximum Gasteiger partial charge on any atom is 0.191 e. The molecule has 2 aromatic rings. The van der Waals surface area contributed by atoms with Crippen LogP contribution in [0.4, 0.5) is 0 Å². The summed E-state index contributed by atoms with van der Waals surface area (Å²) in [5.74, 6) is 2.83. The van der Waals surface area contributed by atoms with Gasteiger partial charge in [-0.2, -0.15) is 0 Å². The van der Waals surface area contributed by atoms with Crippen LogP contribution in [0.2, 0.25) is 0 Å². The van der Waals surface area contributed by atoms with E-state index in [-0.39, 0.29) is 30.1 Å². The van der Waals surface area contributed by atoms with Crippen molar-refractivity contribution in [2.75, 3.05) is 32.0 Å². The Bertz CT molecular complexity index is 721. The van der Waals surface area contributed by atoms with Crippen molar-refractivity contribution >= 4 is 41.7 Å². The quantitative estimate of drug-likeness (QED) is 0.162. The Balaban J connectivity index is 0.00000300. The Morgan fingerprint density at radius 1 is 1.28 bits per heavy atom. The molecule has 0 saturated carbocycles. The number of hydrogen-bond donors (Lipinski definition) is 2. The lowest BCUT2D eigenvalue weighted by atomic mass is 10.2. The Hall–Kier alpha value is -1.33. The number of aromatic nitrogens is 3. The average Bonchev–Trinajstić information content (AvgIpc) is 3.41. The predicted molar refractivity (Wildman–Crippen MR) is 129 cm³/mol. The maximum atomic E-state index is 5.69. The second-order valence-electron chi connectivity index (χ2n) is 6.63. The first-order valence-corrected chi connectivity index (χ1v) is 11.0. The molecule has 1 unspecified atom stereocenters. The van der Waals surface area contributed by atoms with Crippen molar-refractivity contribution in [3.63, 3.8) is 0 Å². The minimum atomic E-state index is 0. The number of benzene rings is 1. The van der Waals surface area contributed by atoms with Gasteiger partial charge in [0.15, 0.2) is 5.96 Å². The molecule has 1 aromatic heterocycles. The van der Waals surface area contributed by atoms with E-state index >= 15 is 0 Å². The monoisotopic (exact) mass is 530 g/mol.